The molecule has 0 aliphatic carbocycles. The maximum absolute atomic E-state index is 12.4. The van der Waals surface area contributed by atoms with Crippen molar-refractivity contribution in [3.8, 4) is 0 Å². The normalized spacial score (nSPS) is 13.6. The molecule has 0 aromatic heterocycles. The Labute approximate surface area is 294 Å². The Balaban J connectivity index is 3.56. The number of hydrogen-bond donors (Lipinski definition) is 4. The zero-order valence-electron chi connectivity index (χ0n) is 31.9. The molecule has 5 nitrogen and oxygen atoms in total. The van der Waals surface area contributed by atoms with Crippen molar-refractivity contribution in [2.24, 2.45) is 0 Å². The van der Waals surface area contributed by atoms with Crippen LogP contribution in [0.15, 0.2) is 0 Å². The maximum Gasteiger partial charge on any atom is 0.220 e. The summed E-state index contributed by atoms with van der Waals surface area (Å²) in [5, 5.41) is 33.4. The van der Waals surface area contributed by atoms with Gasteiger partial charge in [0.25, 0.3) is 0 Å². The van der Waals surface area contributed by atoms with E-state index in [0.29, 0.717) is 12.8 Å². The lowest BCUT2D eigenvalue weighted by molar-refractivity contribution is -0.124. The van der Waals surface area contributed by atoms with Gasteiger partial charge in [0, 0.05) is 6.42 Å². The van der Waals surface area contributed by atoms with E-state index in [1.165, 1.54) is 180 Å². The van der Waals surface area contributed by atoms with Gasteiger partial charge in [0.1, 0.15) is 6.10 Å². The van der Waals surface area contributed by atoms with Gasteiger partial charge in [-0.3, -0.25) is 4.79 Å². The molecule has 4 N–H and O–H groups in total. The molecule has 5 heteroatoms. The first kappa shape index (κ1) is 46.4. The van der Waals surface area contributed by atoms with Crippen LogP contribution in [0.25, 0.3) is 0 Å². The van der Waals surface area contributed by atoms with Crippen molar-refractivity contribution >= 4 is 5.91 Å². The third kappa shape index (κ3) is 33.6. The minimum absolute atomic E-state index is 0.140. The predicted octanol–water partition coefficient (Wildman–Crippen LogP) is 11.9. The molecule has 0 saturated heterocycles. The maximum atomic E-state index is 12.4. The summed E-state index contributed by atoms with van der Waals surface area (Å²) >= 11 is 0. The van der Waals surface area contributed by atoms with Crippen LogP contribution < -0.4 is 5.32 Å². The van der Waals surface area contributed by atoms with Gasteiger partial charge in [-0.2, -0.15) is 0 Å². The highest BCUT2D eigenvalue weighted by Gasteiger charge is 2.26. The summed E-state index contributed by atoms with van der Waals surface area (Å²) < 4.78 is 0. The van der Waals surface area contributed by atoms with E-state index in [0.717, 1.165) is 32.1 Å². The minimum atomic E-state index is -1.13. The van der Waals surface area contributed by atoms with Gasteiger partial charge < -0.3 is 20.6 Å². The molecule has 0 saturated carbocycles. The first-order valence-corrected chi connectivity index (χ1v) is 21.3. The fourth-order valence-corrected chi connectivity index (χ4v) is 6.87. The molecule has 0 aliphatic heterocycles. The summed E-state index contributed by atoms with van der Waals surface area (Å²) in [4.78, 5) is 12.4. The molecular weight excluding hydrogens is 582 g/mol. The van der Waals surface area contributed by atoms with Crippen LogP contribution in [0.5, 0.6) is 0 Å². The van der Waals surface area contributed by atoms with Crippen LogP contribution in [-0.2, 0) is 4.79 Å². The standard InChI is InChI=1S/C42H85NO4/c1-3-5-7-9-11-13-15-17-18-19-20-21-22-23-24-25-27-29-31-33-35-37-41(46)43-39(38-44)42(47)40(45)36-34-32-30-28-26-16-14-12-10-8-6-4-2/h39-40,42,44-45,47H,3-38H2,1-2H3,(H,43,46)/t39-,40?,42-/m0/s1. The van der Waals surface area contributed by atoms with Gasteiger partial charge in [-0.05, 0) is 12.8 Å². The Kier molecular flexibility index (Phi) is 37.6. The molecule has 0 heterocycles. The number of aliphatic hydroxyl groups excluding tert-OH is 3. The van der Waals surface area contributed by atoms with E-state index in [2.05, 4.69) is 19.2 Å². The SMILES string of the molecule is CCCCCCCCCCCCCCCCCCCCCCCC(=O)N[C@@H](CO)[C@H](O)C(O)CCCCCCCCCCCCCC. The van der Waals surface area contributed by atoms with E-state index >= 15 is 0 Å². The van der Waals surface area contributed by atoms with Crippen molar-refractivity contribution < 1.29 is 20.1 Å². The van der Waals surface area contributed by atoms with E-state index in [9.17, 15) is 20.1 Å². The molecule has 0 rings (SSSR count). The van der Waals surface area contributed by atoms with Crippen molar-refractivity contribution in [3.05, 3.63) is 0 Å². The molecule has 0 aromatic carbocycles. The van der Waals surface area contributed by atoms with Crippen LogP contribution in [0.3, 0.4) is 0 Å². The summed E-state index contributed by atoms with van der Waals surface area (Å²) in [6.07, 6.45) is 42.1. The number of carbonyl (C=O) groups is 1. The topological polar surface area (TPSA) is 89.8 Å². The van der Waals surface area contributed by atoms with Gasteiger partial charge >= 0.3 is 0 Å². The van der Waals surface area contributed by atoms with E-state index in [1.807, 2.05) is 0 Å². The zero-order chi connectivity index (χ0) is 34.5. The lowest BCUT2D eigenvalue weighted by Gasteiger charge is -2.26. The van der Waals surface area contributed by atoms with Gasteiger partial charge in [0.05, 0.1) is 18.8 Å². The summed E-state index contributed by atoms with van der Waals surface area (Å²) in [5.74, 6) is -0.140. The summed E-state index contributed by atoms with van der Waals surface area (Å²) in [5.41, 5.74) is 0. The Morgan fingerprint density at radius 3 is 1.02 bits per heavy atom. The lowest BCUT2D eigenvalue weighted by Crippen LogP contribution is -2.50. The van der Waals surface area contributed by atoms with Gasteiger partial charge in [-0.25, -0.2) is 0 Å². The third-order valence-corrected chi connectivity index (χ3v) is 10.2. The molecule has 0 aromatic rings. The Bertz CT molecular complexity index is 615. The van der Waals surface area contributed by atoms with E-state index in [1.54, 1.807) is 0 Å². The third-order valence-electron chi connectivity index (χ3n) is 10.2. The molecular formula is C42H85NO4. The van der Waals surface area contributed by atoms with Crippen LogP contribution in [0, 0.1) is 0 Å². The molecule has 0 bridgehead atoms. The van der Waals surface area contributed by atoms with E-state index < -0.39 is 18.2 Å². The first-order valence-electron chi connectivity index (χ1n) is 21.3. The smallest absolute Gasteiger partial charge is 0.220 e. The highest BCUT2D eigenvalue weighted by molar-refractivity contribution is 5.76. The number of carbonyl (C=O) groups excluding carboxylic acids is 1. The van der Waals surface area contributed by atoms with Crippen LogP contribution in [0.1, 0.15) is 239 Å². The molecule has 0 radical (unpaired) electrons. The van der Waals surface area contributed by atoms with Crippen LogP contribution >= 0.6 is 0 Å². The average molecular weight is 668 g/mol. The van der Waals surface area contributed by atoms with Crippen LogP contribution in [-0.4, -0.2) is 46.1 Å². The summed E-state index contributed by atoms with van der Waals surface area (Å²) in [6, 6.07) is -0.801. The fourth-order valence-electron chi connectivity index (χ4n) is 6.87. The van der Waals surface area contributed by atoms with Crippen molar-refractivity contribution in [3.63, 3.8) is 0 Å². The number of unbranched alkanes of at least 4 members (excludes halogenated alkanes) is 31. The largest absolute Gasteiger partial charge is 0.394 e. The van der Waals surface area contributed by atoms with Crippen molar-refractivity contribution in [2.45, 2.75) is 257 Å². The molecule has 3 atom stereocenters. The average Bonchev–Trinajstić information content (AvgIpc) is 3.07. The van der Waals surface area contributed by atoms with Crippen molar-refractivity contribution in [1.29, 1.82) is 0 Å². The number of amides is 1. The molecule has 0 aliphatic rings. The monoisotopic (exact) mass is 668 g/mol. The molecule has 0 fully saturated rings. The lowest BCUT2D eigenvalue weighted by atomic mass is 9.99. The number of hydrogen-bond acceptors (Lipinski definition) is 4. The Hall–Kier alpha value is -0.650. The van der Waals surface area contributed by atoms with Gasteiger partial charge in [-0.1, -0.05) is 219 Å². The molecule has 0 spiro atoms. The van der Waals surface area contributed by atoms with Gasteiger partial charge in [0.15, 0.2) is 0 Å². The number of nitrogens with one attached hydrogen (secondary N) is 1. The van der Waals surface area contributed by atoms with Crippen LogP contribution in [0.2, 0.25) is 0 Å². The predicted molar refractivity (Wildman–Crippen MR) is 204 cm³/mol. The summed E-state index contributed by atoms with van der Waals surface area (Å²) in [6.45, 7) is 4.18. The van der Waals surface area contributed by atoms with E-state index in [-0.39, 0.29) is 12.5 Å². The van der Waals surface area contributed by atoms with Crippen molar-refractivity contribution in [2.75, 3.05) is 6.61 Å². The number of rotatable bonds is 39. The molecule has 282 valence electrons. The second-order valence-electron chi connectivity index (χ2n) is 14.9. The molecule has 1 amide bonds. The van der Waals surface area contributed by atoms with Crippen molar-refractivity contribution in [1.82, 2.24) is 5.32 Å². The second kappa shape index (κ2) is 38.2. The first-order chi connectivity index (χ1) is 23.1. The quantitative estimate of drug-likeness (QED) is 0.0491. The molecule has 1 unspecified atom stereocenters. The highest BCUT2D eigenvalue weighted by Crippen LogP contribution is 2.17. The highest BCUT2D eigenvalue weighted by atomic mass is 16.3. The fraction of sp³-hybridized carbons (Fsp3) is 0.976. The Morgan fingerprint density at radius 1 is 0.447 bits per heavy atom. The second-order valence-corrected chi connectivity index (χ2v) is 14.9. The van der Waals surface area contributed by atoms with E-state index in [4.69, 9.17) is 0 Å². The van der Waals surface area contributed by atoms with Gasteiger partial charge in [-0.15, -0.1) is 0 Å². The zero-order valence-corrected chi connectivity index (χ0v) is 31.9. The summed E-state index contributed by atoms with van der Waals surface area (Å²) in [7, 11) is 0. The minimum Gasteiger partial charge on any atom is -0.394 e. The number of aliphatic hydroxyl groups is 3. The molecule has 47 heavy (non-hydrogen) atoms. The van der Waals surface area contributed by atoms with Gasteiger partial charge in [0.2, 0.25) is 5.91 Å². The Morgan fingerprint density at radius 2 is 0.723 bits per heavy atom. The van der Waals surface area contributed by atoms with Crippen LogP contribution in [0.4, 0.5) is 0 Å².